The molecular weight excluding hydrogens is 390 g/mol. The van der Waals surface area contributed by atoms with Crippen LogP contribution in [0.2, 0.25) is 0 Å². The van der Waals surface area contributed by atoms with E-state index in [0.717, 1.165) is 16.8 Å². The largest absolute Gasteiger partial charge is 0.416 e. The second-order valence-electron chi connectivity index (χ2n) is 6.71. The van der Waals surface area contributed by atoms with Gasteiger partial charge in [-0.05, 0) is 36.5 Å². The van der Waals surface area contributed by atoms with Crippen LogP contribution in [0.1, 0.15) is 46.1 Å². The monoisotopic (exact) mass is 406 g/mol. The number of amides is 1. The van der Waals surface area contributed by atoms with Gasteiger partial charge in [-0.3, -0.25) is 4.79 Å². The molecule has 1 atom stereocenters. The van der Waals surface area contributed by atoms with Crippen LogP contribution >= 0.6 is 0 Å². The van der Waals surface area contributed by atoms with Crippen LogP contribution < -0.4 is 11.5 Å². The number of benzene rings is 1. The van der Waals surface area contributed by atoms with Crippen molar-refractivity contribution < 1.29 is 31.1 Å². The minimum Gasteiger partial charge on any atom is -0.383 e. The summed E-state index contributed by atoms with van der Waals surface area (Å²) in [5.74, 6) is -1.55. The molecule has 1 aromatic heterocycles. The molecule has 0 spiro atoms. The third-order valence-corrected chi connectivity index (χ3v) is 4.55. The number of aromatic nitrogens is 2. The highest BCUT2D eigenvalue weighted by Crippen LogP contribution is 2.45. The highest BCUT2D eigenvalue weighted by atomic mass is 19.4. The molecule has 1 unspecified atom stereocenters. The van der Waals surface area contributed by atoms with Gasteiger partial charge in [0.15, 0.2) is 0 Å². The normalized spacial score (nSPS) is 16.2. The summed E-state index contributed by atoms with van der Waals surface area (Å²) in [6.45, 7) is 0. The Morgan fingerprint density at radius 2 is 1.71 bits per heavy atom. The van der Waals surface area contributed by atoms with Gasteiger partial charge in [0, 0.05) is 0 Å². The van der Waals surface area contributed by atoms with Crippen molar-refractivity contribution in [3.05, 3.63) is 46.6 Å². The van der Waals surface area contributed by atoms with Gasteiger partial charge in [-0.15, -0.1) is 0 Å². The predicted molar refractivity (Wildman–Crippen MR) is 87.2 cm³/mol. The number of halogens is 6. The Kier molecular flexibility index (Phi) is 4.80. The number of hydrogen-bond donors (Lipinski definition) is 2. The van der Waals surface area contributed by atoms with E-state index in [1.807, 2.05) is 0 Å². The number of nitrogen functional groups attached to an aromatic ring is 1. The van der Waals surface area contributed by atoms with Crippen LogP contribution in [-0.2, 0) is 12.6 Å². The van der Waals surface area contributed by atoms with E-state index in [1.54, 1.807) is 0 Å². The minimum atomic E-state index is -4.64. The van der Waals surface area contributed by atoms with Gasteiger partial charge in [-0.1, -0.05) is 12.1 Å². The lowest BCUT2D eigenvalue weighted by molar-refractivity contribution is -0.137. The molecule has 1 saturated carbocycles. The molecule has 4 N–H and O–H groups in total. The number of nitrogens with zero attached hydrogens (tertiary/aromatic N) is 2. The molecule has 2 aromatic rings. The topological polar surface area (TPSA) is 86.9 Å². The lowest BCUT2D eigenvalue weighted by Crippen LogP contribution is -2.19. The van der Waals surface area contributed by atoms with Gasteiger partial charge in [0.25, 0.3) is 5.91 Å². The summed E-state index contributed by atoms with van der Waals surface area (Å²) in [4.78, 5) is 11.6. The molecule has 0 bridgehead atoms. The van der Waals surface area contributed by atoms with Gasteiger partial charge in [-0.2, -0.15) is 31.4 Å². The van der Waals surface area contributed by atoms with Gasteiger partial charge in [-0.25, -0.2) is 4.68 Å². The molecule has 0 aliphatic heterocycles. The van der Waals surface area contributed by atoms with E-state index < -0.39 is 47.5 Å². The van der Waals surface area contributed by atoms with E-state index in [-0.39, 0.29) is 11.7 Å². The number of primary amides is 1. The van der Waals surface area contributed by atoms with Gasteiger partial charge in [0.05, 0.1) is 23.7 Å². The SMILES string of the molecule is NC(=O)c1c(CC(F)(F)F)nn(C(c2ccc(C(F)(F)F)cc2)C2CC2)c1N. The summed E-state index contributed by atoms with van der Waals surface area (Å²) in [6.07, 6.45) is -9.25. The van der Waals surface area contributed by atoms with E-state index in [1.165, 1.54) is 12.1 Å². The standard InChI is InChI=1S/C17H16F6N4O/c18-16(19,20)7-11-12(15(25)28)14(24)27(26-11)13(8-1-2-8)9-3-5-10(6-4-9)17(21,22)23/h3-6,8,13H,1-2,7,24H2,(H2,25,28). The molecule has 5 nitrogen and oxygen atoms in total. The maximum atomic E-state index is 12.8. The summed E-state index contributed by atoms with van der Waals surface area (Å²) in [7, 11) is 0. The summed E-state index contributed by atoms with van der Waals surface area (Å²) < 4.78 is 77.9. The molecule has 1 aliphatic rings. The van der Waals surface area contributed by atoms with Crippen molar-refractivity contribution in [2.45, 2.75) is 37.7 Å². The highest BCUT2D eigenvalue weighted by Gasteiger charge is 2.39. The number of carbonyl (C=O) groups is 1. The second-order valence-corrected chi connectivity index (χ2v) is 6.71. The Morgan fingerprint density at radius 1 is 1.14 bits per heavy atom. The summed E-state index contributed by atoms with van der Waals surface area (Å²) >= 11 is 0. The molecule has 1 aliphatic carbocycles. The number of rotatable bonds is 5. The third kappa shape index (κ3) is 4.07. The minimum absolute atomic E-state index is 0.0709. The van der Waals surface area contributed by atoms with Crippen molar-refractivity contribution in [1.29, 1.82) is 0 Å². The van der Waals surface area contributed by atoms with Crippen molar-refractivity contribution in [2.75, 3.05) is 5.73 Å². The fraction of sp³-hybridized carbons (Fsp3) is 0.412. The van der Waals surface area contributed by atoms with E-state index in [4.69, 9.17) is 11.5 Å². The van der Waals surface area contributed by atoms with Crippen molar-refractivity contribution in [3.8, 4) is 0 Å². The molecule has 3 rings (SSSR count). The van der Waals surface area contributed by atoms with Crippen LogP contribution in [0.5, 0.6) is 0 Å². The van der Waals surface area contributed by atoms with Crippen LogP contribution in [0.25, 0.3) is 0 Å². The van der Waals surface area contributed by atoms with Gasteiger partial charge >= 0.3 is 12.4 Å². The molecule has 0 saturated heterocycles. The van der Waals surface area contributed by atoms with E-state index in [9.17, 15) is 31.1 Å². The van der Waals surface area contributed by atoms with Gasteiger partial charge < -0.3 is 11.5 Å². The van der Waals surface area contributed by atoms with Crippen LogP contribution in [0.15, 0.2) is 24.3 Å². The van der Waals surface area contributed by atoms with Crippen molar-refractivity contribution >= 4 is 11.7 Å². The Balaban J connectivity index is 2.06. The maximum Gasteiger partial charge on any atom is 0.416 e. The van der Waals surface area contributed by atoms with Crippen molar-refractivity contribution in [2.24, 2.45) is 11.7 Å². The fourth-order valence-corrected chi connectivity index (χ4v) is 3.18. The molecular formula is C17H16F6N4O. The van der Waals surface area contributed by atoms with Crippen LogP contribution in [0.3, 0.4) is 0 Å². The Bertz CT molecular complexity index is 881. The Labute approximate surface area is 155 Å². The van der Waals surface area contributed by atoms with Crippen LogP contribution in [0.4, 0.5) is 32.2 Å². The number of hydrogen-bond acceptors (Lipinski definition) is 3. The predicted octanol–water partition coefficient (Wildman–Crippen LogP) is 3.69. The van der Waals surface area contributed by atoms with E-state index in [2.05, 4.69) is 5.10 Å². The van der Waals surface area contributed by atoms with E-state index in [0.29, 0.717) is 18.4 Å². The number of nitrogens with two attached hydrogens (primary N) is 2. The van der Waals surface area contributed by atoms with Crippen LogP contribution in [-0.4, -0.2) is 21.9 Å². The quantitative estimate of drug-likeness (QED) is 0.743. The van der Waals surface area contributed by atoms with Crippen LogP contribution in [0, 0.1) is 5.92 Å². The first-order valence-corrected chi connectivity index (χ1v) is 8.29. The smallest absolute Gasteiger partial charge is 0.383 e. The molecule has 1 heterocycles. The number of alkyl halides is 6. The lowest BCUT2D eigenvalue weighted by Gasteiger charge is -2.20. The van der Waals surface area contributed by atoms with Crippen molar-refractivity contribution in [1.82, 2.24) is 9.78 Å². The molecule has 28 heavy (non-hydrogen) atoms. The fourth-order valence-electron chi connectivity index (χ4n) is 3.18. The second kappa shape index (κ2) is 6.71. The highest BCUT2D eigenvalue weighted by molar-refractivity contribution is 5.98. The summed E-state index contributed by atoms with van der Waals surface area (Å²) in [5, 5.41) is 3.87. The molecule has 11 heteroatoms. The molecule has 1 fully saturated rings. The van der Waals surface area contributed by atoms with Gasteiger partial charge in [0.2, 0.25) is 0 Å². The van der Waals surface area contributed by atoms with Crippen molar-refractivity contribution in [3.63, 3.8) is 0 Å². The Hall–Kier alpha value is -2.72. The summed E-state index contributed by atoms with van der Waals surface area (Å²) in [5.41, 5.74) is 9.49. The lowest BCUT2D eigenvalue weighted by atomic mass is 10.0. The summed E-state index contributed by atoms with van der Waals surface area (Å²) in [6, 6.07) is 3.55. The first-order chi connectivity index (χ1) is 12.9. The van der Waals surface area contributed by atoms with Gasteiger partial charge in [0.1, 0.15) is 11.4 Å². The number of carbonyl (C=O) groups excluding carboxylic acids is 1. The molecule has 1 aromatic carbocycles. The Morgan fingerprint density at radius 3 is 2.14 bits per heavy atom. The zero-order valence-electron chi connectivity index (χ0n) is 14.3. The maximum absolute atomic E-state index is 12.8. The first kappa shape index (κ1) is 20.0. The van der Waals surface area contributed by atoms with E-state index >= 15 is 0 Å². The zero-order chi connectivity index (χ0) is 20.9. The molecule has 152 valence electrons. The average molecular weight is 406 g/mol. The average Bonchev–Trinajstić information content (AvgIpc) is 3.31. The molecule has 1 amide bonds. The zero-order valence-corrected chi connectivity index (χ0v) is 14.3. The third-order valence-electron chi connectivity index (χ3n) is 4.55. The molecule has 0 radical (unpaired) electrons. The number of anilines is 1. The first-order valence-electron chi connectivity index (χ1n) is 8.29.